The van der Waals surface area contributed by atoms with Crippen LogP contribution >= 0.6 is 0 Å². The molecule has 1 rings (SSSR count). The summed E-state index contributed by atoms with van der Waals surface area (Å²) in [5.74, 6) is 0.573. The van der Waals surface area contributed by atoms with E-state index in [1.165, 1.54) is 18.5 Å². The minimum atomic E-state index is -3.33. The van der Waals surface area contributed by atoms with E-state index in [1.807, 2.05) is 0 Å². The molecule has 17 heavy (non-hydrogen) atoms. The van der Waals surface area contributed by atoms with Gasteiger partial charge in [-0.05, 0) is 25.1 Å². The molecule has 0 amide bonds. The molecular formula is C11H18N2O3S. The molecule has 0 unspecified atom stereocenters. The maximum absolute atomic E-state index is 12.0. The summed E-state index contributed by atoms with van der Waals surface area (Å²) in [6.07, 6.45) is 0.446. The van der Waals surface area contributed by atoms with Gasteiger partial charge in [-0.2, -0.15) is 0 Å². The van der Waals surface area contributed by atoms with Gasteiger partial charge in [-0.15, -0.1) is 0 Å². The van der Waals surface area contributed by atoms with Crippen LogP contribution in [0, 0.1) is 0 Å². The second-order valence-corrected chi connectivity index (χ2v) is 5.72. The molecule has 1 aromatic carbocycles. The van der Waals surface area contributed by atoms with Gasteiger partial charge < -0.3 is 10.5 Å². The monoisotopic (exact) mass is 258 g/mol. The predicted molar refractivity (Wildman–Crippen MR) is 68.9 cm³/mol. The lowest BCUT2D eigenvalue weighted by atomic mass is 10.3. The van der Waals surface area contributed by atoms with Gasteiger partial charge in [-0.25, -0.2) is 8.42 Å². The molecule has 0 atom stereocenters. The summed E-state index contributed by atoms with van der Waals surface area (Å²) >= 11 is 0. The summed E-state index contributed by atoms with van der Waals surface area (Å²) in [6, 6.07) is 7.00. The Morgan fingerprint density at radius 1 is 1.35 bits per heavy atom. The van der Waals surface area contributed by atoms with Crippen LogP contribution in [0.1, 0.15) is 6.42 Å². The molecule has 0 bridgehead atoms. The lowest BCUT2D eigenvalue weighted by Crippen LogP contribution is -2.30. The zero-order valence-electron chi connectivity index (χ0n) is 10.1. The van der Waals surface area contributed by atoms with Crippen molar-refractivity contribution in [1.82, 2.24) is 0 Å². The summed E-state index contributed by atoms with van der Waals surface area (Å²) in [5.41, 5.74) is 5.86. The van der Waals surface area contributed by atoms with Crippen LogP contribution in [0.15, 0.2) is 24.3 Å². The minimum Gasteiger partial charge on any atom is -0.495 e. The zero-order chi connectivity index (χ0) is 12.9. The van der Waals surface area contributed by atoms with E-state index in [4.69, 9.17) is 10.5 Å². The third-order valence-corrected chi connectivity index (χ3v) is 4.28. The second kappa shape index (κ2) is 5.88. The molecule has 0 fully saturated rings. The molecule has 2 N–H and O–H groups in total. The maximum atomic E-state index is 12.0. The van der Waals surface area contributed by atoms with E-state index in [0.717, 1.165) is 0 Å². The van der Waals surface area contributed by atoms with Crippen LogP contribution in [0.25, 0.3) is 0 Å². The highest BCUT2D eigenvalue weighted by atomic mass is 32.2. The summed E-state index contributed by atoms with van der Waals surface area (Å²) in [4.78, 5) is 0. The Labute approximate surface area is 102 Å². The van der Waals surface area contributed by atoms with Crippen LogP contribution in [0.5, 0.6) is 5.75 Å². The number of benzene rings is 1. The molecule has 96 valence electrons. The Kier molecular flexibility index (Phi) is 4.77. The Morgan fingerprint density at radius 2 is 2.00 bits per heavy atom. The highest BCUT2D eigenvalue weighted by Gasteiger charge is 2.20. The van der Waals surface area contributed by atoms with E-state index in [0.29, 0.717) is 24.4 Å². The Balaban J connectivity index is 2.99. The fourth-order valence-corrected chi connectivity index (χ4v) is 2.70. The maximum Gasteiger partial charge on any atom is 0.235 e. The third-order valence-electron chi connectivity index (χ3n) is 2.45. The number of hydrogen-bond acceptors (Lipinski definition) is 4. The number of hydrogen-bond donors (Lipinski definition) is 1. The van der Waals surface area contributed by atoms with Crippen molar-refractivity contribution in [3.63, 3.8) is 0 Å². The van der Waals surface area contributed by atoms with Gasteiger partial charge in [-0.1, -0.05) is 12.1 Å². The van der Waals surface area contributed by atoms with E-state index in [1.54, 1.807) is 24.3 Å². The number of ether oxygens (including phenoxy) is 1. The minimum absolute atomic E-state index is 0.0397. The molecule has 0 aromatic heterocycles. The first-order chi connectivity index (χ1) is 8.03. The predicted octanol–water partition coefficient (Wildman–Crippen LogP) is 0.810. The fraction of sp³-hybridized carbons (Fsp3) is 0.455. The van der Waals surface area contributed by atoms with Gasteiger partial charge in [0.15, 0.2) is 0 Å². The van der Waals surface area contributed by atoms with Gasteiger partial charge in [0.05, 0.1) is 18.6 Å². The second-order valence-electron chi connectivity index (χ2n) is 3.60. The van der Waals surface area contributed by atoms with E-state index in [2.05, 4.69) is 0 Å². The van der Waals surface area contributed by atoms with Crippen molar-refractivity contribution in [2.75, 3.05) is 30.8 Å². The molecule has 0 aliphatic carbocycles. The average molecular weight is 258 g/mol. The molecule has 0 radical (unpaired) electrons. The first-order valence-electron chi connectivity index (χ1n) is 5.32. The lowest BCUT2D eigenvalue weighted by molar-refractivity contribution is 0.416. The highest BCUT2D eigenvalue weighted by Crippen LogP contribution is 2.28. The van der Waals surface area contributed by atoms with Crippen LogP contribution in [-0.4, -0.2) is 34.9 Å². The quantitative estimate of drug-likeness (QED) is 0.819. The summed E-state index contributed by atoms with van der Waals surface area (Å²) in [7, 11) is -0.304. The van der Waals surface area contributed by atoms with Crippen molar-refractivity contribution in [2.24, 2.45) is 5.73 Å². The van der Waals surface area contributed by atoms with Crippen LogP contribution in [0.2, 0.25) is 0 Å². The molecule has 5 nitrogen and oxygen atoms in total. The van der Waals surface area contributed by atoms with Crippen molar-refractivity contribution in [3.05, 3.63) is 24.3 Å². The molecule has 0 saturated heterocycles. The van der Waals surface area contributed by atoms with Crippen LogP contribution in [-0.2, 0) is 10.0 Å². The molecule has 0 aliphatic heterocycles. The number of methoxy groups -OCH3 is 1. The fourth-order valence-electron chi connectivity index (χ4n) is 1.44. The Bertz CT molecular complexity index is 460. The van der Waals surface area contributed by atoms with E-state index >= 15 is 0 Å². The Hall–Kier alpha value is -1.27. The molecule has 6 heteroatoms. The SMILES string of the molecule is COc1ccccc1N(C)S(=O)(=O)CCCN. The van der Waals surface area contributed by atoms with Crippen molar-refractivity contribution < 1.29 is 13.2 Å². The first-order valence-corrected chi connectivity index (χ1v) is 6.93. The van der Waals surface area contributed by atoms with Crippen molar-refractivity contribution in [3.8, 4) is 5.75 Å². The Morgan fingerprint density at radius 3 is 2.59 bits per heavy atom. The van der Waals surface area contributed by atoms with Gasteiger partial charge in [0, 0.05) is 7.05 Å². The van der Waals surface area contributed by atoms with Gasteiger partial charge in [0.25, 0.3) is 0 Å². The largest absolute Gasteiger partial charge is 0.495 e. The van der Waals surface area contributed by atoms with Gasteiger partial charge in [0.1, 0.15) is 5.75 Å². The molecular weight excluding hydrogens is 240 g/mol. The van der Waals surface area contributed by atoms with Crippen LogP contribution in [0.4, 0.5) is 5.69 Å². The number of anilines is 1. The van der Waals surface area contributed by atoms with Crippen LogP contribution in [0.3, 0.4) is 0 Å². The number of rotatable bonds is 6. The van der Waals surface area contributed by atoms with Crippen molar-refractivity contribution >= 4 is 15.7 Å². The number of nitrogens with two attached hydrogens (primary N) is 1. The van der Waals surface area contributed by atoms with Crippen molar-refractivity contribution in [2.45, 2.75) is 6.42 Å². The number of nitrogens with zero attached hydrogens (tertiary/aromatic N) is 1. The average Bonchev–Trinajstić information content (AvgIpc) is 2.35. The summed E-state index contributed by atoms with van der Waals surface area (Å²) in [6.45, 7) is 0.360. The highest BCUT2D eigenvalue weighted by molar-refractivity contribution is 7.92. The number of para-hydroxylation sites is 2. The zero-order valence-corrected chi connectivity index (χ0v) is 10.9. The normalized spacial score (nSPS) is 11.2. The van der Waals surface area contributed by atoms with E-state index in [9.17, 15) is 8.42 Å². The molecule has 0 spiro atoms. The first kappa shape index (κ1) is 13.8. The summed E-state index contributed by atoms with van der Waals surface area (Å²) < 4.78 is 30.3. The van der Waals surface area contributed by atoms with Gasteiger partial charge in [0.2, 0.25) is 10.0 Å². The van der Waals surface area contributed by atoms with Gasteiger partial charge >= 0.3 is 0 Å². The third kappa shape index (κ3) is 3.34. The molecule has 0 heterocycles. The van der Waals surface area contributed by atoms with E-state index < -0.39 is 10.0 Å². The van der Waals surface area contributed by atoms with E-state index in [-0.39, 0.29) is 5.75 Å². The molecule has 0 saturated carbocycles. The smallest absolute Gasteiger partial charge is 0.235 e. The molecule has 0 aliphatic rings. The standard InChI is InChI=1S/C11H18N2O3S/c1-13(17(14,15)9-5-8-12)10-6-3-4-7-11(10)16-2/h3-4,6-7H,5,8-9,12H2,1-2H3. The van der Waals surface area contributed by atoms with Crippen LogP contribution < -0.4 is 14.8 Å². The van der Waals surface area contributed by atoms with Crippen molar-refractivity contribution in [1.29, 1.82) is 0 Å². The number of sulfonamides is 1. The lowest BCUT2D eigenvalue weighted by Gasteiger charge is -2.21. The van der Waals surface area contributed by atoms with Gasteiger partial charge in [-0.3, -0.25) is 4.31 Å². The summed E-state index contributed by atoms with van der Waals surface area (Å²) in [5, 5.41) is 0. The molecule has 1 aromatic rings. The topological polar surface area (TPSA) is 72.6 Å².